The summed E-state index contributed by atoms with van der Waals surface area (Å²) in [5, 5.41) is 14.7. The zero-order valence-corrected chi connectivity index (χ0v) is 16.4. The van der Waals surface area contributed by atoms with Crippen molar-refractivity contribution in [1.82, 2.24) is 10.2 Å². The van der Waals surface area contributed by atoms with Gasteiger partial charge in [0.15, 0.2) is 0 Å². The lowest BCUT2D eigenvalue weighted by molar-refractivity contribution is -0.114. The lowest BCUT2D eigenvalue weighted by atomic mass is 10.2. The first-order valence-electron chi connectivity index (χ1n) is 8.41. The highest BCUT2D eigenvalue weighted by Gasteiger charge is 2.22. The lowest BCUT2D eigenvalue weighted by Crippen LogP contribution is -2.18. The highest BCUT2D eigenvalue weighted by atomic mass is 32.2. The molecule has 27 heavy (non-hydrogen) atoms. The number of hydrogen-bond donors (Lipinski definition) is 2. The van der Waals surface area contributed by atoms with Crippen molar-refractivity contribution in [3.8, 4) is 5.75 Å². The number of ether oxygens (including phenoxy) is 2. The molecule has 1 unspecified atom stereocenters. The van der Waals surface area contributed by atoms with Crippen LogP contribution in [0.1, 0.15) is 24.0 Å². The number of para-hydroxylation sites is 2. The van der Waals surface area contributed by atoms with Crippen LogP contribution in [0.5, 0.6) is 5.75 Å². The normalized spacial score (nSPS) is 16.1. The van der Waals surface area contributed by atoms with Gasteiger partial charge in [-0.15, -0.1) is 22.0 Å². The molecule has 0 bridgehead atoms. The summed E-state index contributed by atoms with van der Waals surface area (Å²) in [7, 11) is 1.54. The summed E-state index contributed by atoms with van der Waals surface area (Å²) in [6, 6.07) is 7.16. The van der Waals surface area contributed by atoms with E-state index in [2.05, 4.69) is 20.8 Å². The molecule has 1 aromatic carbocycles. The number of anilines is 2. The summed E-state index contributed by atoms with van der Waals surface area (Å²) in [6.45, 7) is 0.736. The maximum Gasteiger partial charge on any atom is 0.236 e. The zero-order valence-electron chi connectivity index (χ0n) is 14.8. The van der Waals surface area contributed by atoms with Crippen molar-refractivity contribution in [2.24, 2.45) is 0 Å². The number of benzene rings is 1. The SMILES string of the molecule is COc1ccccc1NC(=O)CSCC(=O)Nc1nnc(C2CCCO2)s1. The quantitative estimate of drug-likeness (QED) is 0.692. The topological polar surface area (TPSA) is 102 Å². The molecule has 1 aliphatic heterocycles. The molecule has 3 rings (SSSR count). The largest absolute Gasteiger partial charge is 0.495 e. The van der Waals surface area contributed by atoms with Gasteiger partial charge >= 0.3 is 0 Å². The van der Waals surface area contributed by atoms with Crippen LogP contribution in [0, 0.1) is 0 Å². The molecule has 1 atom stereocenters. The predicted octanol–water partition coefficient (Wildman–Crippen LogP) is 2.71. The third-order valence-electron chi connectivity index (χ3n) is 3.74. The molecule has 2 N–H and O–H groups in total. The average molecular weight is 409 g/mol. The Hall–Kier alpha value is -2.17. The average Bonchev–Trinajstić information content (AvgIpc) is 3.33. The van der Waals surface area contributed by atoms with Crippen molar-refractivity contribution in [2.75, 3.05) is 35.9 Å². The summed E-state index contributed by atoms with van der Waals surface area (Å²) in [5.41, 5.74) is 0.602. The van der Waals surface area contributed by atoms with Gasteiger partial charge in [0, 0.05) is 6.61 Å². The van der Waals surface area contributed by atoms with Gasteiger partial charge in [-0.05, 0) is 25.0 Å². The Balaban J connectivity index is 1.39. The Morgan fingerprint density at radius 1 is 1.26 bits per heavy atom. The van der Waals surface area contributed by atoms with Crippen molar-refractivity contribution < 1.29 is 19.1 Å². The fourth-order valence-corrected chi connectivity index (χ4v) is 3.97. The van der Waals surface area contributed by atoms with Crippen molar-refractivity contribution in [2.45, 2.75) is 18.9 Å². The molecule has 8 nitrogen and oxygen atoms in total. The summed E-state index contributed by atoms with van der Waals surface area (Å²) in [4.78, 5) is 24.0. The van der Waals surface area contributed by atoms with Crippen LogP contribution in [0.3, 0.4) is 0 Å². The molecular weight excluding hydrogens is 388 g/mol. The molecule has 1 aliphatic rings. The zero-order chi connectivity index (χ0) is 19.1. The minimum absolute atomic E-state index is 0.0128. The van der Waals surface area contributed by atoms with E-state index in [1.165, 1.54) is 23.1 Å². The minimum Gasteiger partial charge on any atom is -0.495 e. The second-order valence-electron chi connectivity index (χ2n) is 5.74. The molecule has 0 saturated carbocycles. The molecule has 144 valence electrons. The second kappa shape index (κ2) is 9.67. The highest BCUT2D eigenvalue weighted by Crippen LogP contribution is 2.31. The van der Waals surface area contributed by atoms with E-state index in [4.69, 9.17) is 9.47 Å². The number of carbonyl (C=O) groups is 2. The van der Waals surface area contributed by atoms with Gasteiger partial charge in [0.25, 0.3) is 0 Å². The molecule has 0 spiro atoms. The van der Waals surface area contributed by atoms with Gasteiger partial charge in [-0.1, -0.05) is 23.5 Å². The van der Waals surface area contributed by atoms with Gasteiger partial charge in [-0.25, -0.2) is 0 Å². The Kier molecular flexibility index (Phi) is 7.02. The number of nitrogens with one attached hydrogen (secondary N) is 2. The molecule has 1 saturated heterocycles. The van der Waals surface area contributed by atoms with Crippen molar-refractivity contribution in [3.63, 3.8) is 0 Å². The predicted molar refractivity (Wildman–Crippen MR) is 105 cm³/mol. The molecule has 1 aromatic heterocycles. The van der Waals surface area contributed by atoms with E-state index in [0.29, 0.717) is 16.6 Å². The highest BCUT2D eigenvalue weighted by molar-refractivity contribution is 8.00. The van der Waals surface area contributed by atoms with E-state index < -0.39 is 0 Å². The lowest BCUT2D eigenvalue weighted by Gasteiger charge is -2.09. The Morgan fingerprint density at radius 3 is 2.78 bits per heavy atom. The fraction of sp³-hybridized carbons (Fsp3) is 0.412. The summed E-state index contributed by atoms with van der Waals surface area (Å²) in [6.07, 6.45) is 1.93. The summed E-state index contributed by atoms with van der Waals surface area (Å²) < 4.78 is 10.7. The molecule has 2 heterocycles. The number of rotatable bonds is 8. The first kappa shape index (κ1) is 19.6. The third-order valence-corrected chi connectivity index (χ3v) is 5.60. The van der Waals surface area contributed by atoms with Crippen LogP contribution >= 0.6 is 23.1 Å². The first-order chi connectivity index (χ1) is 13.2. The molecular formula is C17H20N4O4S2. The van der Waals surface area contributed by atoms with E-state index in [1.54, 1.807) is 19.2 Å². The number of amides is 2. The van der Waals surface area contributed by atoms with E-state index >= 15 is 0 Å². The second-order valence-corrected chi connectivity index (χ2v) is 7.73. The monoisotopic (exact) mass is 408 g/mol. The van der Waals surface area contributed by atoms with Crippen LogP contribution in [0.4, 0.5) is 10.8 Å². The first-order valence-corrected chi connectivity index (χ1v) is 10.4. The Morgan fingerprint density at radius 2 is 2.04 bits per heavy atom. The molecule has 0 radical (unpaired) electrons. The van der Waals surface area contributed by atoms with Gasteiger partial charge in [0.2, 0.25) is 16.9 Å². The Labute approximate surface area is 165 Å². The van der Waals surface area contributed by atoms with Gasteiger partial charge < -0.3 is 14.8 Å². The van der Waals surface area contributed by atoms with Crippen LogP contribution in [-0.2, 0) is 14.3 Å². The van der Waals surface area contributed by atoms with Crippen LogP contribution in [-0.4, -0.2) is 47.2 Å². The van der Waals surface area contributed by atoms with Crippen molar-refractivity contribution >= 4 is 45.7 Å². The van der Waals surface area contributed by atoms with Crippen LogP contribution in [0.2, 0.25) is 0 Å². The van der Waals surface area contributed by atoms with E-state index in [0.717, 1.165) is 24.5 Å². The van der Waals surface area contributed by atoms with Gasteiger partial charge in [0.1, 0.15) is 16.9 Å². The minimum atomic E-state index is -0.222. The third kappa shape index (κ3) is 5.65. The molecule has 2 amide bonds. The van der Waals surface area contributed by atoms with Gasteiger partial charge in [-0.2, -0.15) is 0 Å². The van der Waals surface area contributed by atoms with Gasteiger partial charge in [0.05, 0.1) is 24.3 Å². The molecule has 2 aromatic rings. The van der Waals surface area contributed by atoms with Crippen LogP contribution in [0.15, 0.2) is 24.3 Å². The number of nitrogens with zero attached hydrogens (tertiary/aromatic N) is 2. The van der Waals surface area contributed by atoms with Crippen LogP contribution < -0.4 is 15.4 Å². The summed E-state index contributed by atoms with van der Waals surface area (Å²) >= 11 is 2.54. The number of hydrogen-bond acceptors (Lipinski definition) is 8. The van der Waals surface area contributed by atoms with Gasteiger partial charge in [-0.3, -0.25) is 14.9 Å². The summed E-state index contributed by atoms with van der Waals surface area (Å²) in [5.74, 6) is 0.470. The van der Waals surface area contributed by atoms with E-state index in [9.17, 15) is 9.59 Å². The molecule has 1 fully saturated rings. The number of carbonyl (C=O) groups excluding carboxylic acids is 2. The van der Waals surface area contributed by atoms with E-state index in [1.807, 2.05) is 12.1 Å². The number of methoxy groups -OCH3 is 1. The number of thioether (sulfide) groups is 1. The number of aromatic nitrogens is 2. The van der Waals surface area contributed by atoms with Crippen molar-refractivity contribution in [1.29, 1.82) is 0 Å². The maximum absolute atomic E-state index is 12.0. The smallest absolute Gasteiger partial charge is 0.236 e. The van der Waals surface area contributed by atoms with Crippen molar-refractivity contribution in [3.05, 3.63) is 29.3 Å². The standard InChI is InChI=1S/C17H20N4O4S2/c1-24-12-6-3-2-5-11(12)18-14(22)9-26-10-15(23)19-17-21-20-16(27-17)13-7-4-8-25-13/h2-3,5-6,13H,4,7-10H2,1H3,(H,18,22)(H,19,21,23). The molecule has 10 heteroatoms. The Bertz CT molecular complexity index is 793. The van der Waals surface area contributed by atoms with Crippen LogP contribution in [0.25, 0.3) is 0 Å². The maximum atomic E-state index is 12.0. The fourth-order valence-electron chi connectivity index (χ4n) is 2.51. The van der Waals surface area contributed by atoms with E-state index in [-0.39, 0.29) is 29.4 Å². The molecule has 0 aliphatic carbocycles.